The molecule has 0 aromatic carbocycles. The molecular formula is C15H18N2O3S. The molecule has 0 radical (unpaired) electrons. The van der Waals surface area contributed by atoms with Crippen LogP contribution in [0.4, 0.5) is 0 Å². The maximum Gasteiger partial charge on any atom is 0.309 e. The van der Waals surface area contributed by atoms with Gasteiger partial charge in [0.25, 0.3) is 0 Å². The van der Waals surface area contributed by atoms with Crippen LogP contribution in [0, 0.1) is 0 Å². The molecule has 0 saturated carbocycles. The highest BCUT2D eigenvalue weighted by atomic mass is 32.1. The number of rotatable bonds is 3. The lowest BCUT2D eigenvalue weighted by atomic mass is 10.1. The number of carbonyl (C=O) groups is 2. The van der Waals surface area contributed by atoms with Gasteiger partial charge in [-0.1, -0.05) is 6.07 Å². The summed E-state index contributed by atoms with van der Waals surface area (Å²) in [4.78, 5) is 24.3. The summed E-state index contributed by atoms with van der Waals surface area (Å²) in [6.45, 7) is 5.63. The van der Waals surface area contributed by atoms with Gasteiger partial charge < -0.3 is 15.1 Å². The third kappa shape index (κ3) is 4.46. The number of amides is 2. The smallest absolute Gasteiger partial charge is 0.309 e. The Bertz CT molecular complexity index is 624. The average molecular weight is 306 g/mol. The molecule has 2 aromatic heterocycles. The second kappa shape index (κ2) is 6.13. The van der Waals surface area contributed by atoms with Gasteiger partial charge in [0.1, 0.15) is 11.5 Å². The first kappa shape index (κ1) is 15.3. The summed E-state index contributed by atoms with van der Waals surface area (Å²) in [7, 11) is 0. The van der Waals surface area contributed by atoms with E-state index < -0.39 is 17.4 Å². The van der Waals surface area contributed by atoms with Crippen molar-refractivity contribution in [3.05, 3.63) is 35.4 Å². The van der Waals surface area contributed by atoms with E-state index in [-0.39, 0.29) is 6.54 Å². The first-order valence-electron chi connectivity index (χ1n) is 6.58. The van der Waals surface area contributed by atoms with Crippen LogP contribution in [-0.4, -0.2) is 17.4 Å². The van der Waals surface area contributed by atoms with Gasteiger partial charge in [-0.05, 0) is 44.4 Å². The topological polar surface area (TPSA) is 71.3 Å². The van der Waals surface area contributed by atoms with Crippen molar-refractivity contribution in [3.63, 3.8) is 0 Å². The van der Waals surface area contributed by atoms with Crippen LogP contribution in [0.1, 0.15) is 26.5 Å². The highest BCUT2D eigenvalue weighted by Crippen LogP contribution is 2.26. The predicted octanol–water partition coefficient (Wildman–Crippen LogP) is 2.54. The van der Waals surface area contributed by atoms with Gasteiger partial charge >= 0.3 is 11.8 Å². The highest BCUT2D eigenvalue weighted by Gasteiger charge is 2.20. The fourth-order valence-electron chi connectivity index (χ4n) is 1.67. The minimum atomic E-state index is -0.668. The van der Waals surface area contributed by atoms with Crippen molar-refractivity contribution in [3.8, 4) is 10.6 Å². The van der Waals surface area contributed by atoms with Crippen LogP contribution in [0.5, 0.6) is 0 Å². The molecule has 2 N–H and O–H groups in total. The Labute approximate surface area is 127 Å². The first-order chi connectivity index (χ1) is 9.85. The Hall–Kier alpha value is -2.08. The van der Waals surface area contributed by atoms with Crippen LogP contribution in [0.15, 0.2) is 34.1 Å². The van der Waals surface area contributed by atoms with Crippen molar-refractivity contribution in [1.29, 1.82) is 0 Å². The van der Waals surface area contributed by atoms with Crippen LogP contribution >= 0.6 is 11.3 Å². The Morgan fingerprint density at radius 3 is 2.57 bits per heavy atom. The van der Waals surface area contributed by atoms with Gasteiger partial charge in [-0.25, -0.2) is 0 Å². The molecule has 0 unspecified atom stereocenters. The largest absolute Gasteiger partial charge is 0.458 e. The Kier molecular flexibility index (Phi) is 4.47. The molecule has 6 heteroatoms. The van der Waals surface area contributed by atoms with Crippen molar-refractivity contribution >= 4 is 23.2 Å². The lowest BCUT2D eigenvalue weighted by Crippen LogP contribution is -2.47. The number of thiophene rings is 1. The summed E-state index contributed by atoms with van der Waals surface area (Å²) in [5, 5.41) is 7.11. The highest BCUT2D eigenvalue weighted by molar-refractivity contribution is 7.13. The molecule has 0 fully saturated rings. The van der Waals surface area contributed by atoms with Crippen molar-refractivity contribution in [2.24, 2.45) is 0 Å². The fourth-order valence-corrected chi connectivity index (χ4v) is 2.36. The minimum Gasteiger partial charge on any atom is -0.458 e. The Morgan fingerprint density at radius 1 is 1.19 bits per heavy atom. The van der Waals surface area contributed by atoms with Crippen LogP contribution in [-0.2, 0) is 16.1 Å². The second-order valence-electron chi connectivity index (χ2n) is 5.63. The van der Waals surface area contributed by atoms with Gasteiger partial charge in [0.05, 0.1) is 11.4 Å². The molecule has 2 aromatic rings. The van der Waals surface area contributed by atoms with Gasteiger partial charge in [0, 0.05) is 5.54 Å². The number of hydrogen-bond donors (Lipinski definition) is 2. The van der Waals surface area contributed by atoms with Crippen LogP contribution in [0.2, 0.25) is 0 Å². The van der Waals surface area contributed by atoms with Crippen molar-refractivity contribution < 1.29 is 14.0 Å². The molecule has 0 atom stereocenters. The molecule has 0 aliphatic rings. The zero-order chi connectivity index (χ0) is 15.5. The van der Waals surface area contributed by atoms with Gasteiger partial charge in [-0.3, -0.25) is 9.59 Å². The molecule has 21 heavy (non-hydrogen) atoms. The maximum absolute atomic E-state index is 11.7. The zero-order valence-corrected chi connectivity index (χ0v) is 13.0. The van der Waals surface area contributed by atoms with Crippen LogP contribution < -0.4 is 10.6 Å². The molecule has 2 amide bonds. The molecule has 0 bridgehead atoms. The number of nitrogens with one attached hydrogen (secondary N) is 2. The second-order valence-corrected chi connectivity index (χ2v) is 6.58. The molecule has 2 heterocycles. The van der Waals surface area contributed by atoms with Crippen LogP contribution in [0.3, 0.4) is 0 Å². The lowest BCUT2D eigenvalue weighted by Gasteiger charge is -2.19. The molecule has 0 aliphatic heterocycles. The van der Waals surface area contributed by atoms with Gasteiger partial charge in [0.15, 0.2) is 0 Å². The number of furan rings is 1. The molecular weight excluding hydrogens is 288 g/mol. The quantitative estimate of drug-likeness (QED) is 0.856. The van der Waals surface area contributed by atoms with Gasteiger partial charge in [-0.15, -0.1) is 11.3 Å². The van der Waals surface area contributed by atoms with Crippen molar-refractivity contribution in [2.75, 3.05) is 0 Å². The standard InChI is InChI=1S/C15H18N2O3S/c1-15(2,3)17-14(19)13(18)16-9-10-6-7-11(20-10)12-5-4-8-21-12/h4-8H,9H2,1-3H3,(H,16,18)(H,17,19). The number of carbonyl (C=O) groups excluding carboxylic acids is 2. The summed E-state index contributed by atoms with van der Waals surface area (Å²) in [5.41, 5.74) is -0.439. The molecule has 2 rings (SSSR count). The first-order valence-corrected chi connectivity index (χ1v) is 7.46. The number of hydrogen-bond acceptors (Lipinski definition) is 4. The molecule has 5 nitrogen and oxygen atoms in total. The Balaban J connectivity index is 1.89. The van der Waals surface area contributed by atoms with E-state index in [1.54, 1.807) is 17.4 Å². The molecule has 0 saturated heterocycles. The summed E-state index contributed by atoms with van der Waals surface area (Å²) in [5.74, 6) is 0.0511. The fraction of sp³-hybridized carbons (Fsp3) is 0.333. The summed E-state index contributed by atoms with van der Waals surface area (Å²) < 4.78 is 5.62. The van der Waals surface area contributed by atoms with Crippen molar-refractivity contribution in [2.45, 2.75) is 32.9 Å². The van der Waals surface area contributed by atoms with Crippen LogP contribution in [0.25, 0.3) is 10.6 Å². The minimum absolute atomic E-state index is 0.182. The summed E-state index contributed by atoms with van der Waals surface area (Å²) in [6, 6.07) is 7.54. The van der Waals surface area contributed by atoms with E-state index in [1.807, 2.05) is 44.4 Å². The molecule has 0 spiro atoms. The average Bonchev–Trinajstić information content (AvgIpc) is 3.04. The van der Waals surface area contributed by atoms with Crippen molar-refractivity contribution in [1.82, 2.24) is 10.6 Å². The van der Waals surface area contributed by atoms with Gasteiger partial charge in [0.2, 0.25) is 0 Å². The summed E-state index contributed by atoms with van der Waals surface area (Å²) >= 11 is 1.58. The van der Waals surface area contributed by atoms with E-state index in [0.717, 1.165) is 10.6 Å². The third-order valence-corrected chi connectivity index (χ3v) is 3.43. The Morgan fingerprint density at radius 2 is 1.95 bits per heavy atom. The third-order valence-electron chi connectivity index (χ3n) is 2.54. The summed E-state index contributed by atoms with van der Waals surface area (Å²) in [6.07, 6.45) is 0. The predicted molar refractivity (Wildman–Crippen MR) is 81.8 cm³/mol. The van der Waals surface area contributed by atoms with E-state index in [9.17, 15) is 9.59 Å². The molecule has 0 aliphatic carbocycles. The lowest BCUT2D eigenvalue weighted by molar-refractivity contribution is -0.140. The van der Waals surface area contributed by atoms with E-state index in [1.165, 1.54) is 0 Å². The van der Waals surface area contributed by atoms with E-state index in [0.29, 0.717) is 5.76 Å². The van der Waals surface area contributed by atoms with E-state index in [4.69, 9.17) is 4.42 Å². The normalized spacial score (nSPS) is 11.2. The van der Waals surface area contributed by atoms with E-state index in [2.05, 4.69) is 10.6 Å². The zero-order valence-electron chi connectivity index (χ0n) is 12.2. The SMILES string of the molecule is CC(C)(C)NC(=O)C(=O)NCc1ccc(-c2cccs2)o1. The van der Waals surface area contributed by atoms with Gasteiger partial charge in [-0.2, -0.15) is 0 Å². The monoisotopic (exact) mass is 306 g/mol. The van der Waals surface area contributed by atoms with E-state index >= 15 is 0 Å². The molecule has 112 valence electrons. The maximum atomic E-state index is 11.7.